The first-order valence-electron chi connectivity index (χ1n) is 6.19. The van der Waals surface area contributed by atoms with E-state index >= 15 is 0 Å². The maximum absolute atomic E-state index is 5.97. The van der Waals surface area contributed by atoms with Gasteiger partial charge in [-0.25, -0.2) is 0 Å². The van der Waals surface area contributed by atoms with E-state index in [-0.39, 0.29) is 0 Å². The highest BCUT2D eigenvalue weighted by Crippen LogP contribution is 2.01. The van der Waals surface area contributed by atoms with Crippen molar-refractivity contribution in [3.63, 3.8) is 0 Å². The monoisotopic (exact) mass is 200 g/mol. The molecule has 0 saturated heterocycles. The summed E-state index contributed by atoms with van der Waals surface area (Å²) in [7, 11) is 0. The van der Waals surface area contributed by atoms with Crippen molar-refractivity contribution >= 4 is 0 Å². The molecule has 0 amide bonds. The summed E-state index contributed by atoms with van der Waals surface area (Å²) in [5, 5.41) is 3.50. The van der Waals surface area contributed by atoms with Crippen LogP contribution >= 0.6 is 0 Å². The second kappa shape index (κ2) is 9.47. The van der Waals surface area contributed by atoms with Crippen molar-refractivity contribution in [2.45, 2.75) is 71.4 Å². The average Bonchev–Trinajstić information content (AvgIpc) is 2.20. The van der Waals surface area contributed by atoms with Gasteiger partial charge in [0, 0.05) is 18.6 Å². The lowest BCUT2D eigenvalue weighted by Gasteiger charge is -2.17. The van der Waals surface area contributed by atoms with Gasteiger partial charge in [0.25, 0.3) is 0 Å². The molecule has 2 atom stereocenters. The van der Waals surface area contributed by atoms with Crippen LogP contribution in [0.5, 0.6) is 0 Å². The van der Waals surface area contributed by atoms with E-state index < -0.39 is 0 Å². The summed E-state index contributed by atoms with van der Waals surface area (Å²) < 4.78 is 0. The second-order valence-corrected chi connectivity index (χ2v) is 4.35. The molecule has 0 aromatic heterocycles. The lowest BCUT2D eigenvalue weighted by molar-refractivity contribution is 0.450. The minimum atomic E-state index is 0.346. The molecular weight excluding hydrogens is 172 g/mol. The van der Waals surface area contributed by atoms with Crippen LogP contribution in [-0.4, -0.2) is 18.6 Å². The van der Waals surface area contributed by atoms with Gasteiger partial charge in [0.2, 0.25) is 0 Å². The molecular formula is C12H28N2. The maximum Gasteiger partial charge on any atom is 0.0165 e. The number of rotatable bonds is 9. The van der Waals surface area contributed by atoms with Crippen molar-refractivity contribution in [2.75, 3.05) is 6.54 Å². The minimum Gasteiger partial charge on any atom is -0.327 e. The minimum absolute atomic E-state index is 0.346. The van der Waals surface area contributed by atoms with Crippen LogP contribution in [0.1, 0.15) is 59.3 Å². The van der Waals surface area contributed by atoms with Crippen molar-refractivity contribution < 1.29 is 0 Å². The highest BCUT2D eigenvalue weighted by Gasteiger charge is 2.04. The van der Waals surface area contributed by atoms with E-state index in [4.69, 9.17) is 5.73 Å². The van der Waals surface area contributed by atoms with E-state index in [9.17, 15) is 0 Å². The smallest absolute Gasteiger partial charge is 0.0165 e. The Morgan fingerprint density at radius 3 is 2.21 bits per heavy atom. The third-order valence-electron chi connectivity index (χ3n) is 2.65. The molecule has 0 rings (SSSR count). The van der Waals surface area contributed by atoms with Gasteiger partial charge >= 0.3 is 0 Å². The molecule has 0 saturated carbocycles. The first-order chi connectivity index (χ1) is 6.70. The third-order valence-corrected chi connectivity index (χ3v) is 2.65. The SMILES string of the molecule is CCCCC(N)CNC(C)CCCC. The van der Waals surface area contributed by atoms with Crippen LogP contribution < -0.4 is 11.1 Å². The van der Waals surface area contributed by atoms with Gasteiger partial charge in [-0.2, -0.15) is 0 Å². The van der Waals surface area contributed by atoms with Crippen molar-refractivity contribution in [3.05, 3.63) is 0 Å². The summed E-state index contributed by atoms with van der Waals surface area (Å²) in [4.78, 5) is 0. The lowest BCUT2D eigenvalue weighted by atomic mass is 10.1. The molecule has 2 nitrogen and oxygen atoms in total. The van der Waals surface area contributed by atoms with Crippen LogP contribution in [0.4, 0.5) is 0 Å². The van der Waals surface area contributed by atoms with Gasteiger partial charge in [-0.3, -0.25) is 0 Å². The van der Waals surface area contributed by atoms with Crippen LogP contribution in [0.2, 0.25) is 0 Å². The van der Waals surface area contributed by atoms with Crippen LogP contribution in [0, 0.1) is 0 Å². The fourth-order valence-corrected chi connectivity index (χ4v) is 1.53. The predicted molar refractivity (Wildman–Crippen MR) is 64.5 cm³/mol. The molecule has 0 spiro atoms. The van der Waals surface area contributed by atoms with Crippen LogP contribution in [0.15, 0.2) is 0 Å². The lowest BCUT2D eigenvalue weighted by Crippen LogP contribution is -2.38. The molecule has 0 aromatic rings. The van der Waals surface area contributed by atoms with Gasteiger partial charge in [0.1, 0.15) is 0 Å². The Kier molecular flexibility index (Phi) is 9.42. The predicted octanol–water partition coefficient (Wildman–Crippen LogP) is 2.67. The molecule has 14 heavy (non-hydrogen) atoms. The molecule has 2 unspecified atom stereocenters. The summed E-state index contributed by atoms with van der Waals surface area (Å²) >= 11 is 0. The van der Waals surface area contributed by atoms with E-state index in [1.807, 2.05) is 0 Å². The highest BCUT2D eigenvalue weighted by molar-refractivity contribution is 4.68. The van der Waals surface area contributed by atoms with Gasteiger partial charge in [0.05, 0.1) is 0 Å². The molecule has 0 fully saturated rings. The average molecular weight is 200 g/mol. The zero-order chi connectivity index (χ0) is 10.8. The summed E-state index contributed by atoms with van der Waals surface area (Å²) in [6.07, 6.45) is 7.54. The van der Waals surface area contributed by atoms with E-state index in [1.54, 1.807) is 0 Å². The number of nitrogens with one attached hydrogen (secondary N) is 1. The highest BCUT2D eigenvalue weighted by atomic mass is 14.9. The van der Waals surface area contributed by atoms with Gasteiger partial charge in [-0.1, -0.05) is 39.5 Å². The summed E-state index contributed by atoms with van der Waals surface area (Å²) in [6, 6.07) is 0.974. The van der Waals surface area contributed by atoms with E-state index in [0.717, 1.165) is 13.0 Å². The summed E-state index contributed by atoms with van der Waals surface area (Å²) in [5.41, 5.74) is 5.97. The Morgan fingerprint density at radius 1 is 1.07 bits per heavy atom. The van der Waals surface area contributed by atoms with Crippen molar-refractivity contribution in [1.29, 1.82) is 0 Å². The number of hydrogen-bond donors (Lipinski definition) is 2. The molecule has 0 aromatic carbocycles. The molecule has 0 radical (unpaired) electrons. The Hall–Kier alpha value is -0.0800. The molecule has 2 heteroatoms. The van der Waals surface area contributed by atoms with Gasteiger partial charge in [0.15, 0.2) is 0 Å². The quantitative estimate of drug-likeness (QED) is 0.600. The topological polar surface area (TPSA) is 38.0 Å². The number of unbranched alkanes of at least 4 members (excludes halogenated alkanes) is 2. The third kappa shape index (κ3) is 8.52. The van der Waals surface area contributed by atoms with E-state index in [1.165, 1.54) is 32.1 Å². The fraction of sp³-hybridized carbons (Fsp3) is 1.00. The molecule has 3 N–H and O–H groups in total. The van der Waals surface area contributed by atoms with Crippen molar-refractivity contribution in [1.82, 2.24) is 5.32 Å². The van der Waals surface area contributed by atoms with Crippen molar-refractivity contribution in [2.24, 2.45) is 5.73 Å². The molecule has 0 heterocycles. The van der Waals surface area contributed by atoms with Crippen LogP contribution in [0.3, 0.4) is 0 Å². The molecule has 0 aliphatic rings. The van der Waals surface area contributed by atoms with Crippen molar-refractivity contribution in [3.8, 4) is 0 Å². The van der Waals surface area contributed by atoms with E-state index in [2.05, 4.69) is 26.1 Å². The van der Waals surface area contributed by atoms with Gasteiger partial charge in [-0.15, -0.1) is 0 Å². The molecule has 0 aliphatic carbocycles. The second-order valence-electron chi connectivity index (χ2n) is 4.35. The van der Waals surface area contributed by atoms with Crippen LogP contribution in [-0.2, 0) is 0 Å². The normalized spacial score (nSPS) is 15.4. The molecule has 0 bridgehead atoms. The fourth-order valence-electron chi connectivity index (χ4n) is 1.53. The van der Waals surface area contributed by atoms with Gasteiger partial charge < -0.3 is 11.1 Å². The number of nitrogens with two attached hydrogens (primary N) is 1. The zero-order valence-electron chi connectivity index (χ0n) is 10.2. The first kappa shape index (κ1) is 13.9. The standard InChI is InChI=1S/C12H28N2/c1-4-6-8-11(3)14-10-12(13)9-7-5-2/h11-12,14H,4-10,13H2,1-3H3. The van der Waals surface area contributed by atoms with Crippen LogP contribution in [0.25, 0.3) is 0 Å². The summed E-state index contributed by atoms with van der Waals surface area (Å²) in [6.45, 7) is 7.68. The Bertz CT molecular complexity index is 101. The Morgan fingerprint density at radius 2 is 1.64 bits per heavy atom. The zero-order valence-corrected chi connectivity index (χ0v) is 10.2. The number of hydrogen-bond acceptors (Lipinski definition) is 2. The Balaban J connectivity index is 3.31. The Labute approximate surface area is 89.6 Å². The molecule has 86 valence electrons. The van der Waals surface area contributed by atoms with E-state index in [0.29, 0.717) is 12.1 Å². The first-order valence-corrected chi connectivity index (χ1v) is 6.19. The maximum atomic E-state index is 5.97. The van der Waals surface area contributed by atoms with Gasteiger partial charge in [-0.05, 0) is 19.8 Å². The largest absolute Gasteiger partial charge is 0.327 e. The molecule has 0 aliphatic heterocycles. The summed E-state index contributed by atoms with van der Waals surface area (Å²) in [5.74, 6) is 0.